The predicted molar refractivity (Wildman–Crippen MR) is 63.0 cm³/mol. The molecule has 0 saturated heterocycles. The van der Waals surface area contributed by atoms with Crippen molar-refractivity contribution in [1.82, 2.24) is 4.98 Å². The topological polar surface area (TPSA) is 22.1 Å². The van der Waals surface area contributed by atoms with Crippen LogP contribution in [0.25, 0.3) is 10.6 Å². The van der Waals surface area contributed by atoms with E-state index in [1.807, 2.05) is 30.6 Å². The lowest BCUT2D eigenvalue weighted by Crippen LogP contribution is -1.98. The Labute approximate surface area is 93.6 Å². The summed E-state index contributed by atoms with van der Waals surface area (Å²) in [5, 5.41) is 3.04. The molecule has 0 aliphatic heterocycles. The summed E-state index contributed by atoms with van der Waals surface area (Å²) in [4.78, 5) is 4.33. The summed E-state index contributed by atoms with van der Waals surface area (Å²) < 4.78 is 5.35. The van der Waals surface area contributed by atoms with Gasteiger partial charge in [-0.1, -0.05) is 24.3 Å². The van der Waals surface area contributed by atoms with Gasteiger partial charge in [-0.25, -0.2) is 4.98 Å². The molecule has 0 amide bonds. The molecule has 0 fully saturated rings. The summed E-state index contributed by atoms with van der Waals surface area (Å²) >= 11 is 1.65. The molecule has 2 aromatic rings. The van der Waals surface area contributed by atoms with E-state index >= 15 is 0 Å². The molecule has 0 radical (unpaired) electrons. The third-order valence-electron chi connectivity index (χ3n) is 2.42. The summed E-state index contributed by atoms with van der Waals surface area (Å²) in [6.07, 6.45) is 1.93. The Morgan fingerprint density at radius 2 is 2.13 bits per heavy atom. The molecule has 1 atom stereocenters. The molecule has 0 saturated carbocycles. The summed E-state index contributed by atoms with van der Waals surface area (Å²) in [7, 11) is 1.73. The number of benzene rings is 1. The van der Waals surface area contributed by atoms with Crippen LogP contribution in [0, 0.1) is 0 Å². The van der Waals surface area contributed by atoms with Crippen molar-refractivity contribution in [3.63, 3.8) is 0 Å². The SMILES string of the molecule is COC(C)c1ccccc1-c1nccs1. The zero-order chi connectivity index (χ0) is 10.7. The Balaban J connectivity index is 2.47. The molecule has 0 N–H and O–H groups in total. The number of nitrogens with zero attached hydrogens (tertiary/aromatic N) is 1. The van der Waals surface area contributed by atoms with Gasteiger partial charge in [-0.2, -0.15) is 0 Å². The van der Waals surface area contributed by atoms with Crippen LogP contribution in [0.2, 0.25) is 0 Å². The van der Waals surface area contributed by atoms with E-state index in [0.717, 1.165) is 5.01 Å². The highest BCUT2D eigenvalue weighted by Crippen LogP contribution is 2.30. The van der Waals surface area contributed by atoms with Crippen molar-refractivity contribution in [2.45, 2.75) is 13.0 Å². The first-order chi connectivity index (χ1) is 7.33. The normalized spacial score (nSPS) is 12.7. The first kappa shape index (κ1) is 10.3. The number of rotatable bonds is 3. The second-order valence-electron chi connectivity index (χ2n) is 3.30. The van der Waals surface area contributed by atoms with Crippen LogP contribution in [0.1, 0.15) is 18.6 Å². The van der Waals surface area contributed by atoms with Gasteiger partial charge in [0.15, 0.2) is 0 Å². The van der Waals surface area contributed by atoms with Crippen LogP contribution in [0.5, 0.6) is 0 Å². The van der Waals surface area contributed by atoms with E-state index in [9.17, 15) is 0 Å². The van der Waals surface area contributed by atoms with E-state index in [1.165, 1.54) is 11.1 Å². The Bertz CT molecular complexity index is 425. The van der Waals surface area contributed by atoms with Crippen molar-refractivity contribution in [1.29, 1.82) is 0 Å². The van der Waals surface area contributed by atoms with Crippen LogP contribution in [0.4, 0.5) is 0 Å². The van der Waals surface area contributed by atoms with E-state index in [1.54, 1.807) is 18.4 Å². The number of thiazole rings is 1. The fourth-order valence-electron chi connectivity index (χ4n) is 1.53. The molecule has 0 aliphatic rings. The molecule has 78 valence electrons. The third kappa shape index (κ3) is 2.08. The van der Waals surface area contributed by atoms with Crippen LogP contribution in [0.3, 0.4) is 0 Å². The minimum atomic E-state index is 0.102. The molecule has 1 aromatic heterocycles. The maximum Gasteiger partial charge on any atom is 0.123 e. The molecule has 1 heterocycles. The summed E-state index contributed by atoms with van der Waals surface area (Å²) in [6, 6.07) is 8.24. The van der Waals surface area contributed by atoms with E-state index in [2.05, 4.69) is 17.1 Å². The van der Waals surface area contributed by atoms with Gasteiger partial charge in [0.1, 0.15) is 5.01 Å². The van der Waals surface area contributed by atoms with Gasteiger partial charge in [0.05, 0.1) is 6.10 Å². The van der Waals surface area contributed by atoms with Gasteiger partial charge in [-0.05, 0) is 12.5 Å². The average Bonchev–Trinajstić information content (AvgIpc) is 2.81. The maximum atomic E-state index is 5.35. The van der Waals surface area contributed by atoms with Gasteiger partial charge < -0.3 is 4.74 Å². The lowest BCUT2D eigenvalue weighted by Gasteiger charge is -2.13. The van der Waals surface area contributed by atoms with Gasteiger partial charge in [-0.15, -0.1) is 11.3 Å². The number of aromatic nitrogens is 1. The predicted octanol–water partition coefficient (Wildman–Crippen LogP) is 3.52. The molecule has 3 heteroatoms. The molecule has 0 aliphatic carbocycles. The van der Waals surface area contributed by atoms with Crippen LogP contribution in [-0.2, 0) is 4.74 Å². The Morgan fingerprint density at radius 3 is 2.80 bits per heavy atom. The number of methoxy groups -OCH3 is 1. The Hall–Kier alpha value is -1.19. The fourth-order valence-corrected chi connectivity index (χ4v) is 2.21. The first-order valence-electron chi connectivity index (χ1n) is 4.84. The Morgan fingerprint density at radius 1 is 1.33 bits per heavy atom. The molecule has 1 aromatic carbocycles. The second-order valence-corrected chi connectivity index (χ2v) is 4.20. The monoisotopic (exact) mass is 219 g/mol. The van der Waals surface area contributed by atoms with E-state index < -0.39 is 0 Å². The van der Waals surface area contributed by atoms with Crippen LogP contribution < -0.4 is 0 Å². The standard InChI is InChI=1S/C12H13NOS/c1-9(14-2)10-5-3-4-6-11(10)12-13-7-8-15-12/h3-9H,1-2H3. The van der Waals surface area contributed by atoms with Crippen molar-refractivity contribution in [2.24, 2.45) is 0 Å². The minimum absolute atomic E-state index is 0.102. The molecule has 2 rings (SSSR count). The molecule has 2 nitrogen and oxygen atoms in total. The van der Waals surface area contributed by atoms with E-state index in [-0.39, 0.29) is 6.10 Å². The zero-order valence-corrected chi connectivity index (χ0v) is 9.62. The van der Waals surface area contributed by atoms with Crippen LogP contribution >= 0.6 is 11.3 Å². The number of ether oxygens (including phenoxy) is 1. The van der Waals surface area contributed by atoms with Gasteiger partial charge in [0, 0.05) is 24.3 Å². The smallest absolute Gasteiger partial charge is 0.123 e. The lowest BCUT2D eigenvalue weighted by molar-refractivity contribution is 0.120. The first-order valence-corrected chi connectivity index (χ1v) is 5.72. The van der Waals surface area contributed by atoms with Gasteiger partial charge in [0.25, 0.3) is 0 Å². The maximum absolute atomic E-state index is 5.35. The summed E-state index contributed by atoms with van der Waals surface area (Å²) in [5.41, 5.74) is 2.36. The van der Waals surface area contributed by atoms with Crippen molar-refractivity contribution in [3.8, 4) is 10.6 Å². The molecular formula is C12H13NOS. The largest absolute Gasteiger partial charge is 0.377 e. The zero-order valence-electron chi connectivity index (χ0n) is 8.81. The quantitative estimate of drug-likeness (QED) is 0.788. The molecular weight excluding hydrogens is 206 g/mol. The average molecular weight is 219 g/mol. The van der Waals surface area contributed by atoms with Gasteiger partial charge >= 0.3 is 0 Å². The lowest BCUT2D eigenvalue weighted by atomic mass is 10.0. The number of hydrogen-bond donors (Lipinski definition) is 0. The van der Waals surface area contributed by atoms with Gasteiger partial charge in [-0.3, -0.25) is 0 Å². The molecule has 15 heavy (non-hydrogen) atoms. The van der Waals surface area contributed by atoms with Crippen molar-refractivity contribution >= 4 is 11.3 Å². The highest BCUT2D eigenvalue weighted by atomic mass is 32.1. The van der Waals surface area contributed by atoms with Gasteiger partial charge in [0.2, 0.25) is 0 Å². The highest BCUT2D eigenvalue weighted by Gasteiger charge is 2.11. The van der Waals surface area contributed by atoms with Crippen LogP contribution in [-0.4, -0.2) is 12.1 Å². The van der Waals surface area contributed by atoms with Crippen molar-refractivity contribution in [2.75, 3.05) is 7.11 Å². The second kappa shape index (κ2) is 4.55. The van der Waals surface area contributed by atoms with Crippen molar-refractivity contribution < 1.29 is 4.74 Å². The molecule has 1 unspecified atom stereocenters. The number of hydrogen-bond acceptors (Lipinski definition) is 3. The summed E-state index contributed by atoms with van der Waals surface area (Å²) in [5.74, 6) is 0. The molecule has 0 bridgehead atoms. The third-order valence-corrected chi connectivity index (χ3v) is 3.22. The fraction of sp³-hybridized carbons (Fsp3) is 0.250. The van der Waals surface area contributed by atoms with Crippen molar-refractivity contribution in [3.05, 3.63) is 41.4 Å². The molecule has 0 spiro atoms. The summed E-state index contributed by atoms with van der Waals surface area (Å²) in [6.45, 7) is 2.05. The van der Waals surface area contributed by atoms with E-state index in [4.69, 9.17) is 4.74 Å². The van der Waals surface area contributed by atoms with Crippen LogP contribution in [0.15, 0.2) is 35.8 Å². The Kier molecular flexibility index (Phi) is 3.14. The van der Waals surface area contributed by atoms with E-state index in [0.29, 0.717) is 0 Å². The minimum Gasteiger partial charge on any atom is -0.377 e. The highest BCUT2D eigenvalue weighted by molar-refractivity contribution is 7.13.